The van der Waals surface area contributed by atoms with Crippen molar-refractivity contribution in [2.75, 3.05) is 12.4 Å². The third kappa shape index (κ3) is 4.33. The van der Waals surface area contributed by atoms with Gasteiger partial charge in [-0.15, -0.1) is 11.8 Å². The Morgan fingerprint density at radius 2 is 1.82 bits per heavy atom. The molecule has 0 bridgehead atoms. The molecular weight excluding hydrogens is 368 g/mol. The van der Waals surface area contributed by atoms with Crippen LogP contribution in [0, 0.1) is 0 Å². The van der Waals surface area contributed by atoms with Gasteiger partial charge < -0.3 is 9.84 Å². The van der Waals surface area contributed by atoms with Gasteiger partial charge >= 0.3 is 5.97 Å². The van der Waals surface area contributed by atoms with E-state index >= 15 is 0 Å². The standard InChI is InChI=1S/C24H24O3S/c25-24(26)16-27-22-12-13-23(21-9-3-8-20(21)22)28-14-4-5-17-10-11-18-6-1-2-7-19(18)15-17/h1-2,6-7,10-13,15H,3-5,8-9,14,16H2,(H,25,26). The topological polar surface area (TPSA) is 46.5 Å². The van der Waals surface area contributed by atoms with Gasteiger partial charge in [0.15, 0.2) is 6.61 Å². The van der Waals surface area contributed by atoms with Crippen LogP contribution in [0.4, 0.5) is 0 Å². The van der Waals surface area contributed by atoms with Gasteiger partial charge in [0, 0.05) is 4.90 Å². The van der Waals surface area contributed by atoms with Crippen LogP contribution in [0.1, 0.15) is 29.5 Å². The largest absolute Gasteiger partial charge is 0.482 e. The lowest BCUT2D eigenvalue weighted by Gasteiger charge is -2.13. The second-order valence-electron chi connectivity index (χ2n) is 7.19. The first-order chi connectivity index (χ1) is 13.7. The van der Waals surface area contributed by atoms with E-state index in [2.05, 4.69) is 48.5 Å². The van der Waals surface area contributed by atoms with Crippen molar-refractivity contribution in [2.45, 2.75) is 37.0 Å². The van der Waals surface area contributed by atoms with Crippen molar-refractivity contribution in [3.63, 3.8) is 0 Å². The van der Waals surface area contributed by atoms with Crippen molar-refractivity contribution >= 4 is 28.5 Å². The molecule has 0 atom stereocenters. The molecule has 0 saturated carbocycles. The van der Waals surface area contributed by atoms with Gasteiger partial charge in [0.25, 0.3) is 0 Å². The first-order valence-corrected chi connectivity index (χ1v) is 10.8. The van der Waals surface area contributed by atoms with Crippen molar-refractivity contribution in [3.8, 4) is 5.75 Å². The highest BCUT2D eigenvalue weighted by Gasteiger charge is 2.20. The maximum Gasteiger partial charge on any atom is 0.341 e. The molecule has 3 aromatic carbocycles. The van der Waals surface area contributed by atoms with Crippen molar-refractivity contribution in [3.05, 3.63) is 71.3 Å². The molecule has 0 amide bonds. The number of benzene rings is 3. The van der Waals surface area contributed by atoms with E-state index < -0.39 is 5.97 Å². The van der Waals surface area contributed by atoms with E-state index in [0.717, 1.165) is 43.6 Å². The van der Waals surface area contributed by atoms with E-state index in [0.29, 0.717) is 0 Å². The Hall–Kier alpha value is -2.46. The lowest BCUT2D eigenvalue weighted by molar-refractivity contribution is -0.139. The molecule has 4 rings (SSSR count). The molecule has 28 heavy (non-hydrogen) atoms. The van der Waals surface area contributed by atoms with Gasteiger partial charge in [-0.05, 0) is 77.5 Å². The van der Waals surface area contributed by atoms with Gasteiger partial charge in [0.2, 0.25) is 0 Å². The Labute approximate surface area is 169 Å². The van der Waals surface area contributed by atoms with E-state index in [1.165, 1.54) is 32.4 Å². The Morgan fingerprint density at radius 3 is 2.68 bits per heavy atom. The van der Waals surface area contributed by atoms with Gasteiger partial charge in [-0.2, -0.15) is 0 Å². The first kappa shape index (κ1) is 18.9. The summed E-state index contributed by atoms with van der Waals surface area (Å²) in [4.78, 5) is 12.1. The van der Waals surface area contributed by atoms with Gasteiger partial charge in [-0.25, -0.2) is 4.79 Å². The van der Waals surface area contributed by atoms with E-state index in [1.54, 1.807) is 0 Å². The number of aliphatic carboxylic acids is 1. The fraction of sp³-hybridized carbons (Fsp3) is 0.292. The van der Waals surface area contributed by atoms with Crippen LogP contribution in [-0.2, 0) is 24.1 Å². The molecule has 0 radical (unpaired) electrons. The van der Waals surface area contributed by atoms with E-state index in [1.807, 2.05) is 17.8 Å². The van der Waals surface area contributed by atoms with Crippen LogP contribution in [0.15, 0.2) is 59.5 Å². The molecular formula is C24H24O3S. The first-order valence-electron chi connectivity index (χ1n) is 9.80. The third-order valence-corrected chi connectivity index (χ3v) is 6.42. The summed E-state index contributed by atoms with van der Waals surface area (Å²) in [6.45, 7) is -0.273. The minimum atomic E-state index is -0.932. The van der Waals surface area contributed by atoms with E-state index in [-0.39, 0.29) is 6.61 Å². The zero-order valence-corrected chi connectivity index (χ0v) is 16.6. The fourth-order valence-electron chi connectivity index (χ4n) is 3.90. The zero-order chi connectivity index (χ0) is 19.3. The average Bonchev–Trinajstić information content (AvgIpc) is 3.20. The van der Waals surface area contributed by atoms with E-state index in [9.17, 15) is 4.79 Å². The summed E-state index contributed by atoms with van der Waals surface area (Å²) < 4.78 is 5.48. The summed E-state index contributed by atoms with van der Waals surface area (Å²) in [5.41, 5.74) is 3.96. The Bertz CT molecular complexity index is 996. The SMILES string of the molecule is O=C(O)COc1ccc(SCCCc2ccc3ccccc3c2)c2c1CCC2. The van der Waals surface area contributed by atoms with Gasteiger partial charge in [-0.1, -0.05) is 42.5 Å². The highest BCUT2D eigenvalue weighted by atomic mass is 32.2. The Balaban J connectivity index is 1.35. The summed E-state index contributed by atoms with van der Waals surface area (Å²) in [5, 5.41) is 11.4. The predicted octanol–water partition coefficient (Wildman–Crippen LogP) is 5.52. The average molecular weight is 393 g/mol. The highest BCUT2D eigenvalue weighted by Crippen LogP contribution is 2.38. The summed E-state index contributed by atoms with van der Waals surface area (Å²) in [6, 6.07) is 19.3. The van der Waals surface area contributed by atoms with Crippen LogP contribution in [0.3, 0.4) is 0 Å². The second kappa shape index (κ2) is 8.70. The molecule has 1 N–H and O–H groups in total. The van der Waals surface area contributed by atoms with Crippen LogP contribution in [0.2, 0.25) is 0 Å². The number of aryl methyl sites for hydroxylation is 1. The maximum atomic E-state index is 10.8. The number of fused-ring (bicyclic) bond motifs is 2. The predicted molar refractivity (Wildman–Crippen MR) is 115 cm³/mol. The molecule has 3 aromatic rings. The summed E-state index contributed by atoms with van der Waals surface area (Å²) in [7, 11) is 0. The number of rotatable bonds is 8. The number of hydrogen-bond acceptors (Lipinski definition) is 3. The maximum absolute atomic E-state index is 10.8. The van der Waals surface area contributed by atoms with Gasteiger partial charge in [-0.3, -0.25) is 0 Å². The molecule has 0 aliphatic heterocycles. The third-order valence-electron chi connectivity index (χ3n) is 5.23. The van der Waals surface area contributed by atoms with Crippen LogP contribution >= 0.6 is 11.8 Å². The lowest BCUT2D eigenvalue weighted by Crippen LogP contribution is -2.10. The molecule has 0 fully saturated rings. The fourth-order valence-corrected chi connectivity index (χ4v) is 4.98. The summed E-state index contributed by atoms with van der Waals surface area (Å²) >= 11 is 1.91. The smallest absolute Gasteiger partial charge is 0.341 e. The minimum absolute atomic E-state index is 0.273. The van der Waals surface area contributed by atoms with Crippen LogP contribution in [0.5, 0.6) is 5.75 Å². The Morgan fingerprint density at radius 1 is 1.00 bits per heavy atom. The highest BCUT2D eigenvalue weighted by molar-refractivity contribution is 7.99. The molecule has 1 aliphatic rings. The monoisotopic (exact) mass is 392 g/mol. The van der Waals surface area contributed by atoms with Gasteiger partial charge in [0.1, 0.15) is 5.75 Å². The number of carboxylic acids is 1. The number of carboxylic acid groups (broad SMARTS) is 1. The zero-order valence-electron chi connectivity index (χ0n) is 15.8. The summed E-state index contributed by atoms with van der Waals surface area (Å²) in [6.07, 6.45) is 5.38. The molecule has 1 aliphatic carbocycles. The second-order valence-corrected chi connectivity index (χ2v) is 8.33. The molecule has 144 valence electrons. The van der Waals surface area contributed by atoms with Gasteiger partial charge in [0.05, 0.1) is 0 Å². The molecule has 0 heterocycles. The quantitative estimate of drug-likeness (QED) is 0.405. The van der Waals surface area contributed by atoms with Crippen molar-refractivity contribution < 1.29 is 14.6 Å². The molecule has 0 unspecified atom stereocenters. The number of thioether (sulfide) groups is 1. The number of hydrogen-bond donors (Lipinski definition) is 1. The van der Waals surface area contributed by atoms with Crippen LogP contribution in [0.25, 0.3) is 10.8 Å². The minimum Gasteiger partial charge on any atom is -0.482 e. The summed E-state index contributed by atoms with van der Waals surface area (Å²) in [5.74, 6) is 0.892. The van der Waals surface area contributed by atoms with E-state index in [4.69, 9.17) is 9.84 Å². The normalized spacial score (nSPS) is 12.9. The molecule has 0 spiro atoms. The molecule has 0 aromatic heterocycles. The van der Waals surface area contributed by atoms with Crippen LogP contribution < -0.4 is 4.74 Å². The lowest BCUT2D eigenvalue weighted by atomic mass is 10.0. The van der Waals surface area contributed by atoms with Crippen molar-refractivity contribution in [2.24, 2.45) is 0 Å². The number of ether oxygens (including phenoxy) is 1. The number of carbonyl (C=O) groups is 1. The molecule has 3 nitrogen and oxygen atoms in total. The Kier molecular flexibility index (Phi) is 5.87. The van der Waals surface area contributed by atoms with Crippen molar-refractivity contribution in [1.82, 2.24) is 0 Å². The van der Waals surface area contributed by atoms with Crippen LogP contribution in [-0.4, -0.2) is 23.4 Å². The molecule has 0 saturated heterocycles. The van der Waals surface area contributed by atoms with Crippen molar-refractivity contribution in [1.29, 1.82) is 0 Å². The molecule has 4 heteroatoms.